The van der Waals surface area contributed by atoms with Gasteiger partial charge in [-0.15, -0.1) is 22.7 Å². The maximum Gasteiger partial charge on any atom is 0.349 e. The normalized spacial score (nSPS) is 33.1. The molecule has 0 aliphatic carbocycles. The van der Waals surface area contributed by atoms with Crippen LogP contribution in [0.3, 0.4) is 0 Å². The molecule has 3 aliphatic rings. The Kier molecular flexibility index (Phi) is 3.99. The third-order valence-electron chi connectivity index (χ3n) is 6.02. The topological polar surface area (TPSA) is 62.3 Å². The molecule has 0 saturated carbocycles. The van der Waals surface area contributed by atoms with E-state index in [1.165, 1.54) is 22.7 Å². The second-order valence-electron chi connectivity index (χ2n) is 7.47. The molecule has 0 spiro atoms. The fourth-order valence-corrected chi connectivity index (χ4v) is 6.28. The summed E-state index contributed by atoms with van der Waals surface area (Å²) in [6, 6.07) is 8.13. The summed E-state index contributed by atoms with van der Waals surface area (Å²) in [7, 11) is 2.17. The van der Waals surface area contributed by atoms with E-state index >= 15 is 0 Å². The van der Waals surface area contributed by atoms with E-state index in [1.54, 1.807) is 12.1 Å². The number of carbonyl (C=O) groups is 1. The molecule has 3 fully saturated rings. The fourth-order valence-electron chi connectivity index (χ4n) is 4.57. The van der Waals surface area contributed by atoms with Gasteiger partial charge in [-0.25, -0.2) is 4.79 Å². The first-order chi connectivity index (χ1) is 12.6. The first-order valence-corrected chi connectivity index (χ1v) is 10.7. The Morgan fingerprint density at radius 2 is 1.81 bits per heavy atom. The van der Waals surface area contributed by atoms with Crippen LogP contribution in [0.5, 0.6) is 0 Å². The van der Waals surface area contributed by atoms with Crippen molar-refractivity contribution in [2.45, 2.75) is 42.7 Å². The van der Waals surface area contributed by atoms with Gasteiger partial charge in [-0.05, 0) is 48.7 Å². The van der Waals surface area contributed by atoms with Crippen molar-refractivity contribution in [2.75, 3.05) is 13.7 Å². The first-order valence-electron chi connectivity index (χ1n) is 8.94. The molecule has 2 aromatic rings. The van der Waals surface area contributed by atoms with Gasteiger partial charge in [0.15, 0.2) is 0 Å². The van der Waals surface area contributed by atoms with Crippen molar-refractivity contribution in [1.29, 1.82) is 0 Å². The van der Waals surface area contributed by atoms with Gasteiger partial charge >= 0.3 is 5.97 Å². The van der Waals surface area contributed by atoms with Gasteiger partial charge in [-0.2, -0.15) is 0 Å². The quantitative estimate of drug-likeness (QED) is 0.627. The van der Waals surface area contributed by atoms with Gasteiger partial charge in [-0.1, -0.05) is 12.1 Å². The molecular formula is C19H21NO4S2. The van der Waals surface area contributed by atoms with Crippen molar-refractivity contribution in [2.24, 2.45) is 5.92 Å². The number of hydrogen-bond donors (Lipinski definition) is 1. The fraction of sp³-hybridized carbons (Fsp3) is 0.526. The van der Waals surface area contributed by atoms with Crippen LogP contribution in [0, 0.1) is 5.92 Å². The number of aliphatic hydroxyl groups is 1. The highest BCUT2D eigenvalue weighted by molar-refractivity contribution is 7.12. The Balaban J connectivity index is 1.30. The largest absolute Gasteiger partial charge is 0.463 e. The van der Waals surface area contributed by atoms with Crippen molar-refractivity contribution >= 4 is 28.6 Å². The van der Waals surface area contributed by atoms with E-state index in [1.807, 2.05) is 22.9 Å². The van der Waals surface area contributed by atoms with Crippen LogP contribution in [0.25, 0.3) is 0 Å². The zero-order valence-corrected chi connectivity index (χ0v) is 16.0. The molecule has 4 atom stereocenters. The Morgan fingerprint density at radius 3 is 2.31 bits per heavy atom. The summed E-state index contributed by atoms with van der Waals surface area (Å²) >= 11 is 2.74. The number of ether oxygens (including phenoxy) is 2. The van der Waals surface area contributed by atoms with Crippen LogP contribution in [0.4, 0.5) is 0 Å². The number of carbonyl (C=O) groups excluding carboxylic acids is 1. The lowest BCUT2D eigenvalue weighted by Crippen LogP contribution is -2.46. The number of esters is 1. The van der Waals surface area contributed by atoms with Crippen molar-refractivity contribution in [3.63, 3.8) is 0 Å². The predicted octanol–water partition coefficient (Wildman–Crippen LogP) is 2.45. The smallest absolute Gasteiger partial charge is 0.349 e. The SMILES string of the molecule is CN1C2CC(COC(=O)C(O)(c3cccs3)c3cccs3)CC1C1OC12. The Hall–Kier alpha value is -1.25. The molecule has 2 bridgehead atoms. The van der Waals surface area contributed by atoms with Gasteiger partial charge in [0.25, 0.3) is 0 Å². The van der Waals surface area contributed by atoms with E-state index in [4.69, 9.17) is 9.47 Å². The van der Waals surface area contributed by atoms with Crippen LogP contribution in [0.2, 0.25) is 0 Å². The van der Waals surface area contributed by atoms with Gasteiger partial charge in [0.2, 0.25) is 5.60 Å². The second kappa shape index (κ2) is 6.14. The lowest BCUT2D eigenvalue weighted by Gasteiger charge is -2.38. The van der Waals surface area contributed by atoms with Crippen molar-refractivity contribution < 1.29 is 19.4 Å². The van der Waals surface area contributed by atoms with Crippen LogP contribution < -0.4 is 0 Å². The van der Waals surface area contributed by atoms with E-state index in [0.717, 1.165) is 12.8 Å². The standard InChI is InChI=1S/C19H21NO4S2/c1-20-12-8-11(9-13(20)17-16(12)24-17)10-23-18(21)19(22,14-4-2-6-25-14)15-5-3-7-26-15/h2-7,11-13,16-17,22H,8-10H2,1H3. The molecule has 3 aliphatic heterocycles. The Bertz CT molecular complexity index is 738. The lowest BCUT2D eigenvalue weighted by molar-refractivity contribution is -0.164. The maximum absolute atomic E-state index is 12.9. The number of nitrogens with zero attached hydrogens (tertiary/aromatic N) is 1. The highest BCUT2D eigenvalue weighted by Crippen LogP contribution is 2.49. The van der Waals surface area contributed by atoms with Crippen molar-refractivity contribution in [1.82, 2.24) is 4.90 Å². The third kappa shape index (κ3) is 2.49. The summed E-state index contributed by atoms with van der Waals surface area (Å²) in [5.41, 5.74) is -1.71. The van der Waals surface area contributed by atoms with Crippen LogP contribution in [-0.4, -0.2) is 53.9 Å². The number of epoxide rings is 1. The number of thiophene rings is 2. The predicted molar refractivity (Wildman–Crippen MR) is 99.3 cm³/mol. The third-order valence-corrected chi connectivity index (χ3v) is 7.97. The lowest BCUT2D eigenvalue weighted by atomic mass is 9.91. The number of rotatable bonds is 5. The monoisotopic (exact) mass is 391 g/mol. The molecule has 4 unspecified atom stereocenters. The average molecular weight is 392 g/mol. The van der Waals surface area contributed by atoms with Crippen LogP contribution in [0.1, 0.15) is 22.6 Å². The zero-order chi connectivity index (χ0) is 17.9. The zero-order valence-electron chi connectivity index (χ0n) is 14.4. The van der Waals surface area contributed by atoms with Crippen molar-refractivity contribution in [3.8, 4) is 0 Å². The average Bonchev–Trinajstić information content (AvgIpc) is 3.02. The van der Waals surface area contributed by atoms with E-state index in [0.29, 0.717) is 46.6 Å². The molecule has 3 saturated heterocycles. The molecule has 7 heteroatoms. The molecule has 5 rings (SSSR count). The number of morpholine rings is 1. The van der Waals surface area contributed by atoms with Gasteiger partial charge in [0, 0.05) is 12.1 Å². The summed E-state index contributed by atoms with van der Waals surface area (Å²) in [5.74, 6) is -0.243. The summed E-state index contributed by atoms with van der Waals surface area (Å²) in [6.07, 6.45) is 2.72. The van der Waals surface area contributed by atoms with Gasteiger partial charge in [0.05, 0.1) is 16.4 Å². The Morgan fingerprint density at radius 1 is 1.23 bits per heavy atom. The molecule has 0 amide bonds. The summed E-state index contributed by atoms with van der Waals surface area (Å²) < 4.78 is 11.4. The molecule has 5 nitrogen and oxygen atoms in total. The maximum atomic E-state index is 12.9. The van der Waals surface area contributed by atoms with E-state index in [-0.39, 0.29) is 0 Å². The van der Waals surface area contributed by atoms with Crippen LogP contribution >= 0.6 is 22.7 Å². The van der Waals surface area contributed by atoms with E-state index in [2.05, 4.69) is 11.9 Å². The molecule has 5 heterocycles. The minimum Gasteiger partial charge on any atom is -0.463 e. The second-order valence-corrected chi connectivity index (χ2v) is 9.36. The highest BCUT2D eigenvalue weighted by Gasteiger charge is 2.62. The Labute approximate surface area is 160 Å². The molecule has 1 N–H and O–H groups in total. The summed E-state index contributed by atoms with van der Waals surface area (Å²) in [6.45, 7) is 0.359. The van der Waals surface area contributed by atoms with Crippen LogP contribution in [-0.2, 0) is 19.9 Å². The summed E-state index contributed by atoms with van der Waals surface area (Å²) in [5, 5.41) is 15.0. The molecule has 0 radical (unpaired) electrons. The molecule has 2 aromatic heterocycles. The first kappa shape index (κ1) is 16.9. The molecule has 26 heavy (non-hydrogen) atoms. The number of hydrogen-bond acceptors (Lipinski definition) is 7. The van der Waals surface area contributed by atoms with E-state index in [9.17, 15) is 9.90 Å². The number of piperidine rings is 1. The van der Waals surface area contributed by atoms with Gasteiger partial charge < -0.3 is 14.6 Å². The highest BCUT2D eigenvalue weighted by atomic mass is 32.1. The number of likely N-dealkylation sites (N-methyl/N-ethyl adjacent to an activating group) is 1. The molecular weight excluding hydrogens is 370 g/mol. The molecule has 0 aromatic carbocycles. The molecule has 138 valence electrons. The minimum atomic E-state index is -1.71. The van der Waals surface area contributed by atoms with E-state index < -0.39 is 11.6 Å². The van der Waals surface area contributed by atoms with Crippen LogP contribution in [0.15, 0.2) is 35.0 Å². The summed E-state index contributed by atoms with van der Waals surface area (Å²) in [4.78, 5) is 16.5. The number of fused-ring (bicyclic) bond motifs is 5. The minimum absolute atomic E-state index is 0.331. The van der Waals surface area contributed by atoms with Crippen molar-refractivity contribution in [3.05, 3.63) is 44.8 Å². The van der Waals surface area contributed by atoms with Gasteiger partial charge in [-0.3, -0.25) is 4.90 Å². The van der Waals surface area contributed by atoms with Gasteiger partial charge in [0.1, 0.15) is 12.2 Å².